The Labute approximate surface area is 117 Å². The van der Waals surface area contributed by atoms with Crippen molar-refractivity contribution in [3.63, 3.8) is 0 Å². The first-order valence-electron chi connectivity index (χ1n) is 6.95. The Balaban J connectivity index is 1.88. The van der Waals surface area contributed by atoms with Crippen LogP contribution in [0.5, 0.6) is 0 Å². The number of hydrogen-bond acceptors (Lipinski definition) is 1. The van der Waals surface area contributed by atoms with E-state index in [-0.39, 0.29) is 6.04 Å². The maximum atomic E-state index is 13.3. The smallest absolute Gasteiger partial charge is 0.160 e. The Kier molecular flexibility index (Phi) is 3.43. The number of benzene rings is 2. The van der Waals surface area contributed by atoms with E-state index in [0.29, 0.717) is 11.6 Å². The van der Waals surface area contributed by atoms with Gasteiger partial charge in [0, 0.05) is 11.8 Å². The predicted molar refractivity (Wildman–Crippen MR) is 76.8 cm³/mol. The minimum atomic E-state index is -0.813. The molecule has 1 aliphatic carbocycles. The third kappa shape index (κ3) is 2.40. The SMILES string of the molecule is CC1CCC(Nc2ccc(F)c(F)c2)c2ccccc21. The van der Waals surface area contributed by atoms with Gasteiger partial charge in [0.2, 0.25) is 0 Å². The van der Waals surface area contributed by atoms with E-state index in [1.165, 1.54) is 17.2 Å². The summed E-state index contributed by atoms with van der Waals surface area (Å²) in [6.45, 7) is 2.23. The van der Waals surface area contributed by atoms with Crippen LogP contribution in [0.3, 0.4) is 0 Å². The third-order valence-corrected chi connectivity index (χ3v) is 4.05. The fourth-order valence-corrected chi connectivity index (χ4v) is 2.94. The van der Waals surface area contributed by atoms with Gasteiger partial charge < -0.3 is 5.32 Å². The highest BCUT2D eigenvalue weighted by atomic mass is 19.2. The van der Waals surface area contributed by atoms with E-state index in [0.717, 1.165) is 18.9 Å². The van der Waals surface area contributed by atoms with E-state index in [4.69, 9.17) is 0 Å². The summed E-state index contributed by atoms with van der Waals surface area (Å²) in [7, 11) is 0. The van der Waals surface area contributed by atoms with E-state index in [9.17, 15) is 8.78 Å². The highest BCUT2D eigenvalue weighted by molar-refractivity contribution is 5.48. The molecule has 0 aliphatic heterocycles. The largest absolute Gasteiger partial charge is 0.378 e. The molecule has 0 aromatic heterocycles. The highest BCUT2D eigenvalue weighted by Gasteiger charge is 2.24. The van der Waals surface area contributed by atoms with Gasteiger partial charge in [-0.05, 0) is 42.0 Å². The molecule has 0 heterocycles. The monoisotopic (exact) mass is 273 g/mol. The summed E-state index contributed by atoms with van der Waals surface area (Å²) in [5, 5.41) is 3.32. The zero-order valence-corrected chi connectivity index (χ0v) is 11.4. The third-order valence-electron chi connectivity index (χ3n) is 4.05. The summed E-state index contributed by atoms with van der Waals surface area (Å²) in [6, 6.07) is 12.5. The quantitative estimate of drug-likeness (QED) is 0.810. The van der Waals surface area contributed by atoms with Gasteiger partial charge in [-0.3, -0.25) is 0 Å². The summed E-state index contributed by atoms with van der Waals surface area (Å²) in [5.74, 6) is -1.07. The maximum Gasteiger partial charge on any atom is 0.160 e. The fraction of sp³-hybridized carbons (Fsp3) is 0.294. The molecule has 0 bridgehead atoms. The second-order valence-electron chi connectivity index (χ2n) is 5.43. The van der Waals surface area contributed by atoms with E-state index >= 15 is 0 Å². The Morgan fingerprint density at radius 2 is 1.70 bits per heavy atom. The summed E-state index contributed by atoms with van der Waals surface area (Å²) in [4.78, 5) is 0. The molecule has 0 radical (unpaired) electrons. The fourth-order valence-electron chi connectivity index (χ4n) is 2.94. The van der Waals surface area contributed by atoms with Crippen LogP contribution in [0.2, 0.25) is 0 Å². The lowest BCUT2D eigenvalue weighted by molar-refractivity contribution is 0.507. The number of nitrogens with one attached hydrogen (secondary N) is 1. The topological polar surface area (TPSA) is 12.0 Å². The van der Waals surface area contributed by atoms with Crippen molar-refractivity contribution in [2.45, 2.75) is 31.7 Å². The highest BCUT2D eigenvalue weighted by Crippen LogP contribution is 2.38. The van der Waals surface area contributed by atoms with Crippen molar-refractivity contribution in [3.05, 3.63) is 65.2 Å². The second kappa shape index (κ2) is 5.23. The van der Waals surface area contributed by atoms with Crippen LogP contribution in [-0.4, -0.2) is 0 Å². The number of hydrogen-bond donors (Lipinski definition) is 1. The van der Waals surface area contributed by atoms with Crippen molar-refractivity contribution in [1.82, 2.24) is 0 Å². The second-order valence-corrected chi connectivity index (χ2v) is 5.43. The first kappa shape index (κ1) is 13.1. The molecule has 0 saturated heterocycles. The molecule has 0 spiro atoms. The van der Waals surface area contributed by atoms with Gasteiger partial charge >= 0.3 is 0 Å². The van der Waals surface area contributed by atoms with Crippen LogP contribution in [0.1, 0.15) is 42.9 Å². The molecule has 3 heteroatoms. The zero-order valence-electron chi connectivity index (χ0n) is 11.4. The Morgan fingerprint density at radius 1 is 0.950 bits per heavy atom. The van der Waals surface area contributed by atoms with Crippen LogP contribution in [0.25, 0.3) is 0 Å². The molecule has 20 heavy (non-hydrogen) atoms. The molecule has 2 aromatic carbocycles. The lowest BCUT2D eigenvalue weighted by Gasteiger charge is -2.31. The van der Waals surface area contributed by atoms with Crippen LogP contribution in [0, 0.1) is 11.6 Å². The van der Waals surface area contributed by atoms with Gasteiger partial charge in [-0.15, -0.1) is 0 Å². The lowest BCUT2D eigenvalue weighted by Crippen LogP contribution is -2.19. The molecule has 3 rings (SSSR count). The first-order valence-corrected chi connectivity index (χ1v) is 6.95. The van der Waals surface area contributed by atoms with Crippen molar-refractivity contribution in [2.75, 3.05) is 5.32 Å². The molecular formula is C17H17F2N. The van der Waals surface area contributed by atoms with Crippen LogP contribution in [0.4, 0.5) is 14.5 Å². The standard InChI is InChI=1S/C17H17F2N/c1-11-6-9-17(14-5-3-2-4-13(11)14)20-12-7-8-15(18)16(19)10-12/h2-5,7-8,10-11,17,20H,6,9H2,1H3. The molecule has 1 N–H and O–H groups in total. The average Bonchev–Trinajstić information content (AvgIpc) is 2.46. The minimum Gasteiger partial charge on any atom is -0.378 e. The van der Waals surface area contributed by atoms with E-state index in [1.807, 2.05) is 6.07 Å². The van der Waals surface area contributed by atoms with Crippen molar-refractivity contribution in [1.29, 1.82) is 0 Å². The predicted octanol–water partition coefficient (Wildman–Crippen LogP) is 5.02. The van der Waals surface area contributed by atoms with Crippen molar-refractivity contribution in [2.24, 2.45) is 0 Å². The Morgan fingerprint density at radius 3 is 2.45 bits per heavy atom. The number of fused-ring (bicyclic) bond motifs is 1. The minimum absolute atomic E-state index is 0.160. The molecule has 1 nitrogen and oxygen atoms in total. The molecule has 2 atom stereocenters. The number of anilines is 1. The molecule has 0 amide bonds. The van der Waals surface area contributed by atoms with Gasteiger partial charge in [0.25, 0.3) is 0 Å². The van der Waals surface area contributed by atoms with Gasteiger partial charge in [0.15, 0.2) is 11.6 Å². The van der Waals surface area contributed by atoms with E-state index < -0.39 is 11.6 Å². The maximum absolute atomic E-state index is 13.3. The zero-order chi connectivity index (χ0) is 14.1. The van der Waals surface area contributed by atoms with Gasteiger partial charge in [-0.2, -0.15) is 0 Å². The van der Waals surface area contributed by atoms with Crippen LogP contribution >= 0.6 is 0 Å². The van der Waals surface area contributed by atoms with Gasteiger partial charge in [0.05, 0.1) is 6.04 Å². The first-order chi connectivity index (χ1) is 9.65. The summed E-state index contributed by atoms with van der Waals surface area (Å²) in [5.41, 5.74) is 3.23. The lowest BCUT2D eigenvalue weighted by atomic mass is 9.81. The summed E-state index contributed by atoms with van der Waals surface area (Å²) in [6.07, 6.45) is 2.09. The van der Waals surface area contributed by atoms with Crippen molar-refractivity contribution >= 4 is 5.69 Å². The van der Waals surface area contributed by atoms with Gasteiger partial charge in [0.1, 0.15) is 0 Å². The van der Waals surface area contributed by atoms with E-state index in [1.54, 1.807) is 6.07 Å². The summed E-state index contributed by atoms with van der Waals surface area (Å²) < 4.78 is 26.2. The van der Waals surface area contributed by atoms with Crippen LogP contribution < -0.4 is 5.32 Å². The van der Waals surface area contributed by atoms with Gasteiger partial charge in [-0.1, -0.05) is 31.2 Å². The van der Waals surface area contributed by atoms with Crippen molar-refractivity contribution < 1.29 is 8.78 Å². The van der Waals surface area contributed by atoms with Crippen molar-refractivity contribution in [3.8, 4) is 0 Å². The Bertz CT molecular complexity index is 624. The molecule has 2 unspecified atom stereocenters. The van der Waals surface area contributed by atoms with E-state index in [2.05, 4.69) is 30.4 Å². The molecule has 104 valence electrons. The average molecular weight is 273 g/mol. The summed E-state index contributed by atoms with van der Waals surface area (Å²) >= 11 is 0. The van der Waals surface area contributed by atoms with Gasteiger partial charge in [-0.25, -0.2) is 8.78 Å². The number of halogens is 2. The Hall–Kier alpha value is -1.90. The molecule has 1 aliphatic rings. The molecule has 0 saturated carbocycles. The molecular weight excluding hydrogens is 256 g/mol. The normalized spacial score (nSPS) is 21.4. The number of rotatable bonds is 2. The molecule has 0 fully saturated rings. The van der Waals surface area contributed by atoms with Crippen LogP contribution in [-0.2, 0) is 0 Å². The molecule has 2 aromatic rings. The van der Waals surface area contributed by atoms with Crippen LogP contribution in [0.15, 0.2) is 42.5 Å².